The minimum Gasteiger partial charge on any atom is -0.316 e. The summed E-state index contributed by atoms with van der Waals surface area (Å²) in [5.41, 5.74) is 0.792. The van der Waals surface area contributed by atoms with Gasteiger partial charge in [-0.25, -0.2) is 0 Å². The van der Waals surface area contributed by atoms with Crippen LogP contribution in [0.25, 0.3) is 0 Å². The Labute approximate surface area is 67.0 Å². The van der Waals surface area contributed by atoms with E-state index in [1.54, 1.807) is 0 Å². The minimum absolute atomic E-state index is 0.792. The summed E-state index contributed by atoms with van der Waals surface area (Å²) in [4.78, 5) is 0. The zero-order chi connectivity index (χ0) is 7.03. The molecule has 2 heteroatoms. The fraction of sp³-hybridized carbons (Fsp3) is 1.00. The van der Waals surface area contributed by atoms with Crippen LogP contribution in [0.5, 0.6) is 0 Å². The molecule has 0 bridgehead atoms. The lowest BCUT2D eigenvalue weighted by Gasteiger charge is -2.54. The van der Waals surface area contributed by atoms with Crippen molar-refractivity contribution in [3.63, 3.8) is 0 Å². The van der Waals surface area contributed by atoms with Gasteiger partial charge in [0.2, 0.25) is 0 Å². The maximum absolute atomic E-state index is 3.36. The predicted octanol–water partition coefficient (Wildman–Crippen LogP) is 1.35. The summed E-state index contributed by atoms with van der Waals surface area (Å²) < 4.78 is 0. The molecule has 10 heavy (non-hydrogen) atoms. The number of thioether (sulfide) groups is 1. The van der Waals surface area contributed by atoms with Crippen LogP contribution in [0.3, 0.4) is 0 Å². The first-order valence-electron chi connectivity index (χ1n) is 4.04. The van der Waals surface area contributed by atoms with Gasteiger partial charge in [0.25, 0.3) is 0 Å². The Balaban J connectivity index is 1.72. The van der Waals surface area contributed by atoms with E-state index in [-0.39, 0.29) is 0 Å². The zero-order valence-electron chi connectivity index (χ0n) is 6.52. The molecule has 0 radical (unpaired) electrons. The maximum atomic E-state index is 3.36. The molecule has 1 spiro atoms. The summed E-state index contributed by atoms with van der Waals surface area (Å²) in [5, 5.41) is 3.36. The molecule has 1 saturated carbocycles. The van der Waals surface area contributed by atoms with Crippen molar-refractivity contribution in [3.05, 3.63) is 0 Å². The van der Waals surface area contributed by atoms with Crippen molar-refractivity contribution in [1.29, 1.82) is 0 Å². The fourth-order valence-electron chi connectivity index (χ4n) is 2.29. The Bertz CT molecular complexity index is 123. The standard InChI is InChI=1S/C8H15NS/c1-10-4-7-2-8(3-7)5-9-6-8/h7,9H,2-6H2,1H3. The van der Waals surface area contributed by atoms with E-state index in [1.165, 1.54) is 31.7 Å². The van der Waals surface area contributed by atoms with Crippen molar-refractivity contribution < 1.29 is 0 Å². The highest BCUT2D eigenvalue weighted by atomic mass is 32.2. The van der Waals surface area contributed by atoms with Gasteiger partial charge in [-0.1, -0.05) is 0 Å². The van der Waals surface area contributed by atoms with Crippen LogP contribution in [0.15, 0.2) is 0 Å². The van der Waals surface area contributed by atoms with E-state index >= 15 is 0 Å². The molecule has 0 amide bonds. The van der Waals surface area contributed by atoms with Crippen LogP contribution in [0, 0.1) is 11.3 Å². The van der Waals surface area contributed by atoms with Crippen LogP contribution in [0.2, 0.25) is 0 Å². The second-order valence-corrected chi connectivity index (χ2v) is 4.74. The van der Waals surface area contributed by atoms with Gasteiger partial charge in [0.05, 0.1) is 0 Å². The van der Waals surface area contributed by atoms with Gasteiger partial charge in [0.15, 0.2) is 0 Å². The molecule has 0 atom stereocenters. The van der Waals surface area contributed by atoms with Gasteiger partial charge >= 0.3 is 0 Å². The molecule has 1 saturated heterocycles. The second kappa shape index (κ2) is 2.42. The van der Waals surface area contributed by atoms with Gasteiger partial charge in [-0.05, 0) is 36.2 Å². The van der Waals surface area contributed by atoms with E-state index in [0.29, 0.717) is 0 Å². The Kier molecular flexibility index (Phi) is 1.69. The van der Waals surface area contributed by atoms with E-state index in [4.69, 9.17) is 0 Å². The monoisotopic (exact) mass is 157 g/mol. The zero-order valence-corrected chi connectivity index (χ0v) is 7.34. The first-order valence-corrected chi connectivity index (χ1v) is 5.44. The number of hydrogen-bond acceptors (Lipinski definition) is 2. The summed E-state index contributed by atoms with van der Waals surface area (Å²) in [6.45, 7) is 2.61. The lowest BCUT2D eigenvalue weighted by molar-refractivity contribution is 0.0117. The third-order valence-electron chi connectivity index (χ3n) is 2.85. The fourth-order valence-corrected chi connectivity index (χ4v) is 2.99. The highest BCUT2D eigenvalue weighted by Gasteiger charge is 2.47. The lowest BCUT2D eigenvalue weighted by Crippen LogP contribution is -2.60. The largest absolute Gasteiger partial charge is 0.316 e. The Morgan fingerprint density at radius 3 is 2.60 bits per heavy atom. The summed E-state index contributed by atoms with van der Waals surface area (Å²) >= 11 is 2.00. The first-order chi connectivity index (χ1) is 4.85. The van der Waals surface area contributed by atoms with Crippen molar-refractivity contribution in [3.8, 4) is 0 Å². The molecule has 1 aliphatic carbocycles. The lowest BCUT2D eigenvalue weighted by atomic mass is 9.59. The molecule has 2 rings (SSSR count). The van der Waals surface area contributed by atoms with E-state index in [9.17, 15) is 0 Å². The SMILES string of the molecule is CSCC1CC2(CNC2)C1. The van der Waals surface area contributed by atoms with Crippen LogP contribution in [-0.4, -0.2) is 25.1 Å². The van der Waals surface area contributed by atoms with Gasteiger partial charge in [0.1, 0.15) is 0 Å². The topological polar surface area (TPSA) is 12.0 Å². The van der Waals surface area contributed by atoms with Gasteiger partial charge in [0, 0.05) is 13.1 Å². The van der Waals surface area contributed by atoms with E-state index in [2.05, 4.69) is 11.6 Å². The maximum Gasteiger partial charge on any atom is 0.00204 e. The third kappa shape index (κ3) is 0.978. The normalized spacial score (nSPS) is 29.7. The molecule has 58 valence electrons. The third-order valence-corrected chi connectivity index (χ3v) is 3.65. The number of hydrogen-bond donors (Lipinski definition) is 1. The van der Waals surface area contributed by atoms with Crippen molar-refractivity contribution in [1.82, 2.24) is 5.32 Å². The number of nitrogens with one attached hydrogen (secondary N) is 1. The average molecular weight is 157 g/mol. The summed E-state index contributed by atoms with van der Waals surface area (Å²) in [6, 6.07) is 0. The van der Waals surface area contributed by atoms with Crippen LogP contribution in [-0.2, 0) is 0 Å². The van der Waals surface area contributed by atoms with Crippen LogP contribution in [0.4, 0.5) is 0 Å². The quantitative estimate of drug-likeness (QED) is 0.649. The highest BCUT2D eigenvalue weighted by molar-refractivity contribution is 7.98. The highest BCUT2D eigenvalue weighted by Crippen LogP contribution is 2.48. The van der Waals surface area contributed by atoms with E-state index in [0.717, 1.165) is 11.3 Å². The van der Waals surface area contributed by atoms with Crippen molar-refractivity contribution in [2.45, 2.75) is 12.8 Å². The van der Waals surface area contributed by atoms with Crippen molar-refractivity contribution in [2.24, 2.45) is 11.3 Å². The Hall–Kier alpha value is 0.310. The molecule has 0 aromatic rings. The number of rotatable bonds is 2. The van der Waals surface area contributed by atoms with Gasteiger partial charge in [-0.15, -0.1) is 0 Å². The smallest absolute Gasteiger partial charge is 0.00204 e. The Morgan fingerprint density at radius 1 is 1.50 bits per heavy atom. The van der Waals surface area contributed by atoms with Crippen molar-refractivity contribution >= 4 is 11.8 Å². The molecule has 2 fully saturated rings. The van der Waals surface area contributed by atoms with Crippen LogP contribution in [0.1, 0.15) is 12.8 Å². The van der Waals surface area contributed by atoms with E-state index < -0.39 is 0 Å². The molecule has 1 heterocycles. The molecular formula is C8H15NS. The molecule has 0 aromatic carbocycles. The molecule has 1 aliphatic heterocycles. The molecular weight excluding hydrogens is 142 g/mol. The summed E-state index contributed by atoms with van der Waals surface area (Å²) in [5.74, 6) is 2.44. The van der Waals surface area contributed by atoms with Gasteiger partial charge in [-0.3, -0.25) is 0 Å². The van der Waals surface area contributed by atoms with Gasteiger partial charge in [-0.2, -0.15) is 11.8 Å². The summed E-state index contributed by atoms with van der Waals surface area (Å²) in [7, 11) is 0. The molecule has 1 nitrogen and oxygen atoms in total. The predicted molar refractivity (Wildman–Crippen MR) is 46.4 cm³/mol. The van der Waals surface area contributed by atoms with Crippen molar-refractivity contribution in [2.75, 3.05) is 25.1 Å². The molecule has 0 unspecified atom stereocenters. The average Bonchev–Trinajstić information content (AvgIpc) is 1.72. The first kappa shape index (κ1) is 6.99. The van der Waals surface area contributed by atoms with Crippen LogP contribution < -0.4 is 5.32 Å². The Morgan fingerprint density at radius 2 is 2.20 bits per heavy atom. The molecule has 1 N–H and O–H groups in total. The molecule has 0 aromatic heterocycles. The second-order valence-electron chi connectivity index (χ2n) is 3.83. The van der Waals surface area contributed by atoms with Gasteiger partial charge < -0.3 is 5.32 Å². The molecule has 2 aliphatic rings. The van der Waals surface area contributed by atoms with Crippen LogP contribution >= 0.6 is 11.8 Å². The minimum atomic E-state index is 0.792. The summed E-state index contributed by atoms with van der Waals surface area (Å²) in [6.07, 6.45) is 5.21. The van der Waals surface area contributed by atoms with E-state index in [1.807, 2.05) is 11.8 Å².